The second-order valence-electron chi connectivity index (χ2n) is 8.41. The summed E-state index contributed by atoms with van der Waals surface area (Å²) in [5, 5.41) is 22.7. The molecular weight excluding hydrogens is 420 g/mol. The van der Waals surface area contributed by atoms with Crippen molar-refractivity contribution in [3.05, 3.63) is 112 Å². The van der Waals surface area contributed by atoms with Crippen LogP contribution in [0.3, 0.4) is 0 Å². The molecule has 1 aromatic heterocycles. The molecule has 0 spiro atoms. The molecule has 34 heavy (non-hydrogen) atoms. The predicted molar refractivity (Wildman–Crippen MR) is 130 cm³/mol. The summed E-state index contributed by atoms with van der Waals surface area (Å²) < 4.78 is 0. The van der Waals surface area contributed by atoms with Crippen molar-refractivity contribution >= 4 is 32.9 Å². The molecule has 0 atom stereocenters. The number of aromatic nitrogens is 2. The molecular formula is C29H12N4O. The minimum Gasteiger partial charge on any atom is -0.288 e. The molecule has 2 aliphatic carbocycles. The van der Waals surface area contributed by atoms with Gasteiger partial charge in [-0.25, -0.2) is 10.1 Å². The predicted octanol–water partition coefficient (Wildman–Crippen LogP) is 6.18. The van der Waals surface area contributed by atoms with Crippen molar-refractivity contribution in [3.8, 4) is 28.5 Å². The Kier molecular flexibility index (Phi) is 3.50. The van der Waals surface area contributed by atoms with Gasteiger partial charge < -0.3 is 0 Å². The Balaban J connectivity index is 1.62. The molecule has 5 heteroatoms. The summed E-state index contributed by atoms with van der Waals surface area (Å²) in [6.45, 7) is 7.58. The van der Waals surface area contributed by atoms with Crippen molar-refractivity contribution in [2.75, 3.05) is 0 Å². The molecule has 0 saturated carbocycles. The highest BCUT2D eigenvalue weighted by atomic mass is 16.1. The molecule has 0 saturated heterocycles. The number of allylic oxidation sites excluding steroid dienone is 1. The maximum Gasteiger partial charge on any atom is 0.271 e. The third kappa shape index (κ3) is 2.23. The normalized spacial score (nSPS) is 14.2. The average molecular weight is 432 g/mol. The fourth-order valence-electron chi connectivity index (χ4n) is 5.20. The first kappa shape index (κ1) is 18.4. The van der Waals surface area contributed by atoms with Crippen LogP contribution in [0.2, 0.25) is 0 Å². The van der Waals surface area contributed by atoms with Crippen molar-refractivity contribution in [1.82, 2.24) is 10.2 Å². The minimum absolute atomic E-state index is 0.0572. The van der Waals surface area contributed by atoms with Gasteiger partial charge in [0.2, 0.25) is 0 Å². The first-order valence-corrected chi connectivity index (χ1v) is 10.7. The van der Waals surface area contributed by atoms with E-state index in [1.165, 1.54) is 0 Å². The van der Waals surface area contributed by atoms with Gasteiger partial charge in [0.05, 0.1) is 23.9 Å². The second-order valence-corrected chi connectivity index (χ2v) is 8.41. The van der Waals surface area contributed by atoms with E-state index in [2.05, 4.69) is 15.0 Å². The Labute approximate surface area is 194 Å². The average Bonchev–Trinajstić information content (AvgIpc) is 3.34. The number of hydrogen-bond acceptors (Lipinski definition) is 4. The van der Waals surface area contributed by atoms with Crippen LogP contribution in [0.4, 0.5) is 0 Å². The Morgan fingerprint density at radius 3 is 1.85 bits per heavy atom. The third-order valence-electron chi connectivity index (χ3n) is 6.70. The molecule has 0 bridgehead atoms. The molecule has 1 heterocycles. The van der Waals surface area contributed by atoms with E-state index in [4.69, 9.17) is 6.57 Å². The van der Waals surface area contributed by atoms with Gasteiger partial charge in [0.15, 0.2) is 5.78 Å². The lowest BCUT2D eigenvalue weighted by atomic mass is 9.96. The lowest BCUT2D eigenvalue weighted by molar-refractivity contribution is 0.104. The monoisotopic (exact) mass is 432 g/mol. The van der Waals surface area contributed by atoms with Gasteiger partial charge in [-0.3, -0.25) is 4.79 Å². The SMILES string of the molecule is [C-]#[N+]/C(C#N)=C1\c2cc3ccccc3cc2-c2c1nnc1c2C(=O)c2cc3ccccc3cc2-1. The molecule has 0 radical (unpaired) electrons. The van der Waals surface area contributed by atoms with Crippen LogP contribution in [0.5, 0.6) is 0 Å². The van der Waals surface area contributed by atoms with Crippen LogP contribution >= 0.6 is 0 Å². The van der Waals surface area contributed by atoms with Gasteiger partial charge in [-0.05, 0) is 56.9 Å². The smallest absolute Gasteiger partial charge is 0.271 e. The van der Waals surface area contributed by atoms with Crippen molar-refractivity contribution in [3.63, 3.8) is 0 Å². The van der Waals surface area contributed by atoms with Gasteiger partial charge >= 0.3 is 0 Å². The van der Waals surface area contributed by atoms with Gasteiger partial charge in [-0.15, -0.1) is 5.10 Å². The molecule has 0 N–H and O–H groups in total. The highest BCUT2D eigenvalue weighted by molar-refractivity contribution is 6.27. The zero-order chi connectivity index (χ0) is 23.0. The van der Waals surface area contributed by atoms with Crippen LogP contribution in [0.25, 0.3) is 54.3 Å². The van der Waals surface area contributed by atoms with Crippen molar-refractivity contribution < 1.29 is 4.79 Å². The number of carbonyl (C=O) groups excluding carboxylic acids is 1. The van der Waals surface area contributed by atoms with Crippen molar-refractivity contribution in [2.45, 2.75) is 0 Å². The fourth-order valence-corrected chi connectivity index (χ4v) is 5.20. The van der Waals surface area contributed by atoms with E-state index in [9.17, 15) is 10.1 Å². The van der Waals surface area contributed by atoms with Gasteiger partial charge in [-0.1, -0.05) is 48.5 Å². The topological polar surface area (TPSA) is 71.0 Å². The fraction of sp³-hybridized carbons (Fsp3) is 0. The van der Waals surface area contributed by atoms with E-state index in [0.717, 1.165) is 38.2 Å². The quantitative estimate of drug-likeness (QED) is 0.212. The number of rotatable bonds is 0. The van der Waals surface area contributed by atoms with E-state index in [0.29, 0.717) is 33.7 Å². The van der Waals surface area contributed by atoms with Crippen LogP contribution < -0.4 is 0 Å². The van der Waals surface area contributed by atoms with Gasteiger partial charge in [-0.2, -0.15) is 5.10 Å². The number of carbonyl (C=O) groups is 1. The van der Waals surface area contributed by atoms with Crippen LogP contribution in [-0.4, -0.2) is 16.0 Å². The largest absolute Gasteiger partial charge is 0.288 e. The number of benzene rings is 4. The highest BCUT2D eigenvalue weighted by Gasteiger charge is 2.39. The Morgan fingerprint density at radius 2 is 1.26 bits per heavy atom. The van der Waals surface area contributed by atoms with E-state index in [1.807, 2.05) is 78.9 Å². The maximum atomic E-state index is 13.8. The van der Waals surface area contributed by atoms with E-state index in [1.54, 1.807) is 0 Å². The molecule has 4 aromatic carbocycles. The number of ketones is 1. The molecule has 5 aromatic rings. The third-order valence-corrected chi connectivity index (χ3v) is 6.70. The summed E-state index contributed by atoms with van der Waals surface area (Å²) in [4.78, 5) is 17.2. The minimum atomic E-state index is -0.108. The lowest BCUT2D eigenvalue weighted by Crippen LogP contribution is -2.02. The summed E-state index contributed by atoms with van der Waals surface area (Å²) in [7, 11) is 0. The molecule has 0 unspecified atom stereocenters. The maximum absolute atomic E-state index is 13.8. The Morgan fingerprint density at radius 1 is 0.735 bits per heavy atom. The molecule has 0 aliphatic heterocycles. The zero-order valence-electron chi connectivity index (χ0n) is 17.6. The number of nitrogens with zero attached hydrogens (tertiary/aromatic N) is 4. The molecule has 5 nitrogen and oxygen atoms in total. The molecule has 154 valence electrons. The summed E-state index contributed by atoms with van der Waals surface area (Å²) in [5.74, 6) is -0.108. The van der Waals surface area contributed by atoms with Crippen molar-refractivity contribution in [1.29, 1.82) is 5.26 Å². The summed E-state index contributed by atoms with van der Waals surface area (Å²) in [5.41, 5.74) is 5.40. The first-order chi connectivity index (χ1) is 16.7. The van der Waals surface area contributed by atoms with E-state index >= 15 is 0 Å². The summed E-state index contributed by atoms with van der Waals surface area (Å²) in [6, 6.07) is 25.7. The lowest BCUT2D eigenvalue weighted by Gasteiger charge is -2.07. The molecule has 7 rings (SSSR count). The van der Waals surface area contributed by atoms with Gasteiger partial charge in [0.1, 0.15) is 5.69 Å². The second kappa shape index (κ2) is 6.45. The van der Waals surface area contributed by atoms with Crippen LogP contribution in [0, 0.1) is 17.9 Å². The highest BCUT2D eigenvalue weighted by Crippen LogP contribution is 2.51. The standard InChI is InChI=1S/C29H12N4O/c1-31-23(14-30)24-19-10-15-6-2-3-7-16(15)11-20(19)25-26-27(32-33-28(24)25)21-12-17-8-4-5-9-18(17)13-22(21)29(26)34/h2-13H/b24-23+. The van der Waals surface area contributed by atoms with Crippen LogP contribution in [-0.2, 0) is 0 Å². The van der Waals surface area contributed by atoms with Crippen LogP contribution in [0.1, 0.15) is 27.2 Å². The van der Waals surface area contributed by atoms with E-state index in [-0.39, 0.29) is 11.5 Å². The Hall–Kier alpha value is -5.13. The molecule has 2 aliphatic rings. The first-order valence-electron chi connectivity index (χ1n) is 10.7. The number of fused-ring (bicyclic) bond motifs is 9. The van der Waals surface area contributed by atoms with E-state index < -0.39 is 0 Å². The van der Waals surface area contributed by atoms with Crippen molar-refractivity contribution in [2.24, 2.45) is 0 Å². The molecule has 0 amide bonds. The number of hydrogen-bond donors (Lipinski definition) is 0. The zero-order valence-corrected chi connectivity index (χ0v) is 17.6. The van der Waals surface area contributed by atoms with Gasteiger partial charge in [0, 0.05) is 22.3 Å². The Bertz CT molecular complexity index is 1880. The summed E-state index contributed by atoms with van der Waals surface area (Å²) in [6.07, 6.45) is 0. The van der Waals surface area contributed by atoms with Crippen LogP contribution in [0.15, 0.2) is 78.5 Å². The summed E-state index contributed by atoms with van der Waals surface area (Å²) >= 11 is 0. The molecule has 0 fully saturated rings. The van der Waals surface area contributed by atoms with Gasteiger partial charge in [0.25, 0.3) is 5.70 Å². The number of nitriles is 1.